The van der Waals surface area contributed by atoms with Gasteiger partial charge in [-0.15, -0.1) is 0 Å². The number of benzene rings is 6. The third kappa shape index (κ3) is 3.75. The van der Waals surface area contributed by atoms with Gasteiger partial charge in [-0.05, 0) is 50.9 Å². The molecule has 43 heavy (non-hydrogen) atoms. The van der Waals surface area contributed by atoms with Crippen molar-refractivity contribution in [2.24, 2.45) is 0 Å². The molecule has 0 aliphatic rings. The van der Waals surface area contributed by atoms with Crippen molar-refractivity contribution < 1.29 is 0 Å². The summed E-state index contributed by atoms with van der Waals surface area (Å²) < 4.78 is 2.05. The molecule has 0 aliphatic heterocycles. The van der Waals surface area contributed by atoms with Crippen LogP contribution in [0.15, 0.2) is 152 Å². The molecule has 0 unspecified atom stereocenters. The number of fused-ring (bicyclic) bond motifs is 9. The van der Waals surface area contributed by atoms with Gasteiger partial charge in [0.15, 0.2) is 0 Å². The van der Waals surface area contributed by atoms with Crippen LogP contribution in [0.3, 0.4) is 0 Å². The number of para-hydroxylation sites is 1. The van der Waals surface area contributed by atoms with E-state index in [4.69, 9.17) is 9.97 Å². The zero-order valence-corrected chi connectivity index (χ0v) is 23.3. The number of aromatic nitrogens is 3. The van der Waals surface area contributed by atoms with Crippen LogP contribution in [0.25, 0.3) is 82.5 Å². The summed E-state index contributed by atoms with van der Waals surface area (Å²) in [4.78, 5) is 10.1. The van der Waals surface area contributed by atoms with Gasteiger partial charge in [0.25, 0.3) is 0 Å². The van der Waals surface area contributed by atoms with Crippen molar-refractivity contribution in [3.8, 4) is 33.6 Å². The zero-order valence-electron chi connectivity index (χ0n) is 23.3. The standard InChI is InChI=1S/C40H25N3/c1-3-11-32-30(9-1)31-10-2-4-12-33(31)39-38(32)34-13-5-6-14-35(34)42-40(39)29-22-18-27(19-23-29)26-16-20-28(21-17-26)36-25-43-24-8-7-15-37(43)41-36/h1-25H. The second kappa shape index (κ2) is 9.37. The topological polar surface area (TPSA) is 30.2 Å². The Labute approximate surface area is 248 Å². The predicted octanol–water partition coefficient (Wildman–Crippen LogP) is 10.3. The molecule has 3 nitrogen and oxygen atoms in total. The molecule has 9 rings (SSSR count). The lowest BCUT2D eigenvalue weighted by molar-refractivity contribution is 1.19. The molecule has 6 aromatic carbocycles. The minimum absolute atomic E-state index is 0.952. The van der Waals surface area contributed by atoms with Gasteiger partial charge in [0.05, 0.1) is 16.9 Å². The maximum Gasteiger partial charge on any atom is 0.137 e. The molecule has 0 saturated carbocycles. The Kier molecular flexibility index (Phi) is 5.20. The van der Waals surface area contributed by atoms with Gasteiger partial charge in [-0.3, -0.25) is 0 Å². The first-order valence-corrected chi connectivity index (χ1v) is 14.6. The van der Waals surface area contributed by atoms with E-state index in [2.05, 4.69) is 132 Å². The van der Waals surface area contributed by atoms with Gasteiger partial charge in [0.2, 0.25) is 0 Å². The summed E-state index contributed by atoms with van der Waals surface area (Å²) >= 11 is 0. The van der Waals surface area contributed by atoms with Crippen LogP contribution in [0.5, 0.6) is 0 Å². The maximum atomic E-state index is 5.29. The van der Waals surface area contributed by atoms with Crippen molar-refractivity contribution in [2.75, 3.05) is 0 Å². The molecular weight excluding hydrogens is 522 g/mol. The van der Waals surface area contributed by atoms with Crippen molar-refractivity contribution in [1.29, 1.82) is 0 Å². The van der Waals surface area contributed by atoms with Gasteiger partial charge in [0, 0.05) is 39.7 Å². The summed E-state index contributed by atoms with van der Waals surface area (Å²) in [6.45, 7) is 0. The number of hydrogen-bond donors (Lipinski definition) is 0. The Bertz CT molecular complexity index is 2450. The average Bonchev–Trinajstić information content (AvgIpc) is 3.52. The second-order valence-electron chi connectivity index (χ2n) is 11.1. The second-order valence-corrected chi connectivity index (χ2v) is 11.1. The lowest BCUT2D eigenvalue weighted by atomic mass is 9.89. The van der Waals surface area contributed by atoms with Gasteiger partial charge >= 0.3 is 0 Å². The van der Waals surface area contributed by atoms with E-state index in [1.165, 1.54) is 48.8 Å². The summed E-state index contributed by atoms with van der Waals surface area (Å²) in [6.07, 6.45) is 4.10. The number of rotatable bonds is 3. The lowest BCUT2D eigenvalue weighted by Crippen LogP contribution is -1.93. The lowest BCUT2D eigenvalue weighted by Gasteiger charge is -2.16. The van der Waals surface area contributed by atoms with Crippen LogP contribution in [0.4, 0.5) is 0 Å². The Balaban J connectivity index is 1.19. The third-order valence-corrected chi connectivity index (χ3v) is 8.61. The minimum atomic E-state index is 0.952. The fraction of sp³-hybridized carbons (Fsp3) is 0. The molecule has 0 aliphatic carbocycles. The van der Waals surface area contributed by atoms with Crippen LogP contribution < -0.4 is 0 Å². The predicted molar refractivity (Wildman–Crippen MR) is 179 cm³/mol. The highest BCUT2D eigenvalue weighted by atomic mass is 15.0. The molecule has 0 saturated heterocycles. The summed E-state index contributed by atoms with van der Waals surface area (Å²) in [7, 11) is 0. The van der Waals surface area contributed by atoms with Crippen molar-refractivity contribution >= 4 is 48.9 Å². The zero-order chi connectivity index (χ0) is 28.3. The molecule has 0 spiro atoms. The molecule has 200 valence electrons. The molecule has 0 radical (unpaired) electrons. The van der Waals surface area contributed by atoms with E-state index in [0.717, 1.165) is 33.7 Å². The normalized spacial score (nSPS) is 11.7. The van der Waals surface area contributed by atoms with Gasteiger partial charge in [0.1, 0.15) is 5.65 Å². The summed E-state index contributed by atoms with van der Waals surface area (Å²) in [5.74, 6) is 0. The Morgan fingerprint density at radius 2 is 0.930 bits per heavy atom. The first kappa shape index (κ1) is 23.9. The number of hydrogen-bond acceptors (Lipinski definition) is 2. The van der Waals surface area contributed by atoms with E-state index in [1.54, 1.807) is 0 Å². The molecule has 3 heterocycles. The summed E-state index contributed by atoms with van der Waals surface area (Å²) in [5.41, 5.74) is 8.52. The largest absolute Gasteiger partial charge is 0.306 e. The number of imidazole rings is 1. The van der Waals surface area contributed by atoms with E-state index in [0.29, 0.717) is 0 Å². The van der Waals surface area contributed by atoms with Crippen molar-refractivity contribution in [2.45, 2.75) is 0 Å². The van der Waals surface area contributed by atoms with E-state index in [-0.39, 0.29) is 0 Å². The van der Waals surface area contributed by atoms with Crippen LogP contribution in [0.2, 0.25) is 0 Å². The summed E-state index contributed by atoms with van der Waals surface area (Å²) in [6, 6.07) is 49.6. The molecule has 3 heteroatoms. The molecule has 0 fully saturated rings. The molecule has 0 N–H and O–H groups in total. The van der Waals surface area contributed by atoms with Crippen LogP contribution in [0.1, 0.15) is 0 Å². The van der Waals surface area contributed by atoms with Gasteiger partial charge < -0.3 is 4.40 Å². The van der Waals surface area contributed by atoms with Crippen molar-refractivity contribution in [3.63, 3.8) is 0 Å². The smallest absolute Gasteiger partial charge is 0.137 e. The molecular formula is C40H25N3. The highest BCUT2D eigenvalue weighted by Crippen LogP contribution is 2.42. The first-order valence-electron chi connectivity index (χ1n) is 14.6. The van der Waals surface area contributed by atoms with E-state index in [1.807, 2.05) is 24.4 Å². The number of pyridine rings is 2. The Hall–Kier alpha value is -5.80. The number of nitrogens with zero attached hydrogens (tertiary/aromatic N) is 3. The van der Waals surface area contributed by atoms with Gasteiger partial charge in [-0.1, -0.05) is 121 Å². The molecule has 0 atom stereocenters. The van der Waals surface area contributed by atoms with Crippen LogP contribution >= 0.6 is 0 Å². The summed E-state index contributed by atoms with van der Waals surface area (Å²) in [5, 5.41) is 8.68. The first-order chi connectivity index (χ1) is 21.3. The molecule has 9 aromatic rings. The van der Waals surface area contributed by atoms with Crippen LogP contribution in [-0.2, 0) is 0 Å². The molecule has 0 amide bonds. The fourth-order valence-electron chi connectivity index (χ4n) is 6.56. The highest BCUT2D eigenvalue weighted by Gasteiger charge is 2.17. The minimum Gasteiger partial charge on any atom is -0.306 e. The monoisotopic (exact) mass is 547 g/mol. The third-order valence-electron chi connectivity index (χ3n) is 8.61. The Morgan fingerprint density at radius 1 is 0.395 bits per heavy atom. The average molecular weight is 548 g/mol. The Morgan fingerprint density at radius 3 is 1.60 bits per heavy atom. The van der Waals surface area contributed by atoms with Crippen molar-refractivity contribution in [1.82, 2.24) is 14.4 Å². The maximum absolute atomic E-state index is 5.29. The molecule has 3 aromatic heterocycles. The fourth-order valence-corrected chi connectivity index (χ4v) is 6.56. The van der Waals surface area contributed by atoms with Gasteiger partial charge in [-0.25, -0.2) is 9.97 Å². The van der Waals surface area contributed by atoms with Gasteiger partial charge in [-0.2, -0.15) is 0 Å². The van der Waals surface area contributed by atoms with Crippen LogP contribution in [-0.4, -0.2) is 14.4 Å². The molecule has 0 bridgehead atoms. The quantitative estimate of drug-likeness (QED) is 0.206. The highest BCUT2D eigenvalue weighted by molar-refractivity contribution is 6.33. The van der Waals surface area contributed by atoms with E-state index >= 15 is 0 Å². The van der Waals surface area contributed by atoms with E-state index in [9.17, 15) is 0 Å². The van der Waals surface area contributed by atoms with Crippen molar-refractivity contribution in [3.05, 3.63) is 152 Å². The van der Waals surface area contributed by atoms with Crippen LogP contribution in [0, 0.1) is 0 Å². The van der Waals surface area contributed by atoms with E-state index < -0.39 is 0 Å². The SMILES string of the molecule is c1ccc2c(c1)nc(-c1ccc(-c3ccc(-c4cn5ccccc5n4)cc3)cc1)c1c3ccccc3c3ccccc3c21.